The molecule has 0 radical (unpaired) electrons. The topological polar surface area (TPSA) is 90.1 Å². The molecule has 0 bridgehead atoms. The molecule has 6 nitrogen and oxygen atoms in total. The van der Waals surface area contributed by atoms with Gasteiger partial charge in [0.2, 0.25) is 0 Å². The van der Waals surface area contributed by atoms with Crippen LogP contribution in [0.1, 0.15) is 9.67 Å². The lowest BCUT2D eigenvalue weighted by Crippen LogP contribution is -2.19. The Morgan fingerprint density at radius 3 is 2.53 bits per heavy atom. The molecule has 0 aliphatic carbocycles. The van der Waals surface area contributed by atoms with Crippen molar-refractivity contribution in [3.63, 3.8) is 0 Å². The Hall–Kier alpha value is -3.66. The van der Waals surface area contributed by atoms with E-state index >= 15 is 0 Å². The highest BCUT2D eigenvalue weighted by atomic mass is 32.1. The van der Waals surface area contributed by atoms with Gasteiger partial charge in [-0.2, -0.15) is 0 Å². The molecule has 3 aromatic heterocycles. The van der Waals surface area contributed by atoms with Gasteiger partial charge < -0.3 is 15.8 Å². The van der Waals surface area contributed by atoms with Gasteiger partial charge in [0.05, 0.1) is 17.1 Å². The number of nitrogen functional groups attached to an aromatic ring is 1. The van der Waals surface area contributed by atoms with Gasteiger partial charge in [-0.25, -0.2) is 4.98 Å². The second kappa shape index (κ2) is 7.64. The summed E-state index contributed by atoms with van der Waals surface area (Å²) in [6, 6.07) is 12.4. The SMILES string of the molecule is Nc1c(C(=O)Nc2ccccc2OC(F)(F)F)sc2nc(-c3ccncc3)ccc12. The minimum Gasteiger partial charge on any atom is -0.404 e. The first-order chi connectivity index (χ1) is 14.3. The first kappa shape index (κ1) is 19.6. The number of aromatic nitrogens is 2. The fourth-order valence-electron chi connectivity index (χ4n) is 2.81. The molecule has 3 heterocycles. The van der Waals surface area contributed by atoms with Crippen LogP contribution in [0, 0.1) is 0 Å². The van der Waals surface area contributed by atoms with Crippen molar-refractivity contribution in [1.82, 2.24) is 9.97 Å². The van der Waals surface area contributed by atoms with Gasteiger partial charge in [0.1, 0.15) is 9.71 Å². The Bertz CT molecular complexity index is 1230. The number of ether oxygens (including phenoxy) is 1. The summed E-state index contributed by atoms with van der Waals surface area (Å²) >= 11 is 1.05. The number of para-hydroxylation sites is 2. The maximum atomic E-state index is 12.7. The highest BCUT2D eigenvalue weighted by Gasteiger charge is 2.32. The summed E-state index contributed by atoms with van der Waals surface area (Å²) in [6.45, 7) is 0. The van der Waals surface area contributed by atoms with E-state index in [2.05, 4.69) is 20.0 Å². The molecular weight excluding hydrogens is 417 g/mol. The molecule has 0 atom stereocenters. The summed E-state index contributed by atoms with van der Waals surface area (Å²) in [5, 5.41) is 3.01. The number of hydrogen-bond acceptors (Lipinski definition) is 6. The molecule has 0 unspecified atom stereocenters. The van der Waals surface area contributed by atoms with Gasteiger partial charge in [-0.1, -0.05) is 12.1 Å². The molecule has 4 aromatic rings. The van der Waals surface area contributed by atoms with E-state index in [9.17, 15) is 18.0 Å². The number of anilines is 2. The number of hydrogen-bond donors (Lipinski definition) is 2. The van der Waals surface area contributed by atoms with E-state index in [1.165, 1.54) is 18.2 Å². The quantitative estimate of drug-likeness (QED) is 0.471. The average molecular weight is 430 g/mol. The van der Waals surface area contributed by atoms with E-state index in [1.807, 2.05) is 0 Å². The summed E-state index contributed by atoms with van der Waals surface area (Å²) in [5.74, 6) is -1.17. The lowest BCUT2D eigenvalue weighted by molar-refractivity contribution is -0.274. The maximum absolute atomic E-state index is 12.7. The predicted molar refractivity (Wildman–Crippen MR) is 108 cm³/mol. The molecule has 0 spiro atoms. The van der Waals surface area contributed by atoms with Crippen LogP contribution in [0.25, 0.3) is 21.5 Å². The molecule has 0 saturated heterocycles. The molecule has 4 rings (SSSR count). The summed E-state index contributed by atoms with van der Waals surface area (Å²) in [6.07, 6.45) is -1.60. The van der Waals surface area contributed by atoms with Crippen LogP contribution in [0.3, 0.4) is 0 Å². The highest BCUT2D eigenvalue weighted by molar-refractivity contribution is 7.21. The van der Waals surface area contributed by atoms with Gasteiger partial charge in [0.25, 0.3) is 5.91 Å². The summed E-state index contributed by atoms with van der Waals surface area (Å²) in [4.78, 5) is 21.9. The number of amides is 1. The monoisotopic (exact) mass is 430 g/mol. The van der Waals surface area contributed by atoms with Gasteiger partial charge in [-0.3, -0.25) is 9.78 Å². The molecule has 10 heteroatoms. The van der Waals surface area contributed by atoms with Crippen molar-refractivity contribution >= 4 is 38.8 Å². The van der Waals surface area contributed by atoms with Gasteiger partial charge in [-0.05, 0) is 36.4 Å². The Balaban J connectivity index is 1.65. The number of pyridine rings is 2. The molecule has 0 fully saturated rings. The Kier molecular flexibility index (Phi) is 5.00. The average Bonchev–Trinajstić information content (AvgIpc) is 3.05. The van der Waals surface area contributed by atoms with E-state index in [-0.39, 0.29) is 16.3 Å². The molecule has 0 aliphatic rings. The highest BCUT2D eigenvalue weighted by Crippen LogP contribution is 2.36. The zero-order valence-corrected chi connectivity index (χ0v) is 15.9. The van der Waals surface area contributed by atoms with E-state index in [4.69, 9.17) is 5.73 Å². The third kappa shape index (κ3) is 4.03. The number of nitrogens with one attached hydrogen (secondary N) is 1. The normalized spacial score (nSPS) is 11.4. The van der Waals surface area contributed by atoms with Gasteiger partial charge in [-0.15, -0.1) is 24.5 Å². The van der Waals surface area contributed by atoms with E-state index < -0.39 is 18.0 Å². The van der Waals surface area contributed by atoms with Crippen LogP contribution in [-0.4, -0.2) is 22.2 Å². The Morgan fingerprint density at radius 2 is 1.80 bits per heavy atom. The number of halogens is 3. The summed E-state index contributed by atoms with van der Waals surface area (Å²) < 4.78 is 41.8. The van der Waals surface area contributed by atoms with Crippen molar-refractivity contribution in [3.8, 4) is 17.0 Å². The Labute approximate surface area is 172 Å². The number of carbonyl (C=O) groups is 1. The molecule has 1 aromatic carbocycles. The summed E-state index contributed by atoms with van der Waals surface area (Å²) in [5.41, 5.74) is 7.72. The number of alkyl halides is 3. The van der Waals surface area contributed by atoms with Gasteiger partial charge in [0, 0.05) is 23.3 Å². The second-order valence-corrected chi connectivity index (χ2v) is 7.13. The van der Waals surface area contributed by atoms with Crippen LogP contribution in [0.2, 0.25) is 0 Å². The molecule has 152 valence electrons. The van der Waals surface area contributed by atoms with Crippen LogP contribution < -0.4 is 15.8 Å². The van der Waals surface area contributed by atoms with Crippen molar-refractivity contribution in [2.24, 2.45) is 0 Å². The number of nitrogens with two attached hydrogens (primary N) is 1. The minimum atomic E-state index is -4.88. The fourth-order valence-corrected chi connectivity index (χ4v) is 3.80. The second-order valence-electron chi connectivity index (χ2n) is 6.13. The van der Waals surface area contributed by atoms with Crippen molar-refractivity contribution in [2.45, 2.75) is 6.36 Å². The number of nitrogens with zero attached hydrogens (tertiary/aromatic N) is 2. The van der Waals surface area contributed by atoms with E-state index in [1.54, 1.807) is 36.7 Å². The molecule has 0 saturated carbocycles. The first-order valence-corrected chi connectivity index (χ1v) is 9.39. The molecule has 3 N–H and O–H groups in total. The fraction of sp³-hybridized carbons (Fsp3) is 0.0500. The smallest absolute Gasteiger partial charge is 0.404 e. The van der Waals surface area contributed by atoms with Gasteiger partial charge >= 0.3 is 6.36 Å². The van der Waals surface area contributed by atoms with E-state index in [0.29, 0.717) is 15.9 Å². The third-order valence-electron chi connectivity index (χ3n) is 4.14. The van der Waals surface area contributed by atoms with Crippen molar-refractivity contribution in [2.75, 3.05) is 11.1 Å². The van der Waals surface area contributed by atoms with Crippen molar-refractivity contribution in [1.29, 1.82) is 0 Å². The third-order valence-corrected chi connectivity index (χ3v) is 5.25. The van der Waals surface area contributed by atoms with Crippen molar-refractivity contribution in [3.05, 3.63) is 65.8 Å². The molecule has 1 amide bonds. The summed E-state index contributed by atoms with van der Waals surface area (Å²) in [7, 11) is 0. The minimum absolute atomic E-state index is 0.123. The van der Waals surface area contributed by atoms with Gasteiger partial charge in [0.15, 0.2) is 5.75 Å². The van der Waals surface area contributed by atoms with E-state index in [0.717, 1.165) is 23.0 Å². The largest absolute Gasteiger partial charge is 0.573 e. The number of fused-ring (bicyclic) bond motifs is 1. The number of carbonyl (C=O) groups excluding carboxylic acids is 1. The van der Waals surface area contributed by atoms with Crippen LogP contribution in [-0.2, 0) is 0 Å². The number of benzene rings is 1. The first-order valence-electron chi connectivity index (χ1n) is 8.57. The maximum Gasteiger partial charge on any atom is 0.573 e. The predicted octanol–water partition coefficient (Wildman–Crippen LogP) is 5.09. The van der Waals surface area contributed by atoms with Crippen LogP contribution in [0.4, 0.5) is 24.5 Å². The lowest BCUT2D eigenvalue weighted by Gasteiger charge is -2.13. The molecule has 0 aliphatic heterocycles. The molecular formula is C20H13F3N4O2S. The van der Waals surface area contributed by atoms with Crippen LogP contribution in [0.15, 0.2) is 60.9 Å². The van der Waals surface area contributed by atoms with Crippen molar-refractivity contribution < 1.29 is 22.7 Å². The zero-order valence-electron chi connectivity index (χ0n) is 15.1. The number of thiophene rings is 1. The Morgan fingerprint density at radius 1 is 1.07 bits per heavy atom. The molecule has 30 heavy (non-hydrogen) atoms. The van der Waals surface area contributed by atoms with Crippen LogP contribution >= 0.6 is 11.3 Å². The number of rotatable bonds is 4. The lowest BCUT2D eigenvalue weighted by atomic mass is 10.1. The zero-order chi connectivity index (χ0) is 21.3. The standard InChI is InChI=1S/C20H13F3N4O2S/c21-20(22,23)29-15-4-2-1-3-14(15)26-18(28)17-16(24)12-5-6-13(27-19(12)30-17)11-7-9-25-10-8-11/h1-10H,24H2,(H,26,28). The van der Waals surface area contributed by atoms with Crippen LogP contribution in [0.5, 0.6) is 5.75 Å².